The summed E-state index contributed by atoms with van der Waals surface area (Å²) in [4.78, 5) is 25.1. The molecule has 0 saturated carbocycles. The number of benzene rings is 2. The van der Waals surface area contributed by atoms with Gasteiger partial charge < -0.3 is 15.5 Å². The summed E-state index contributed by atoms with van der Waals surface area (Å²) in [6.07, 6.45) is 0. The van der Waals surface area contributed by atoms with Crippen LogP contribution in [0, 0.1) is 0 Å². The first-order chi connectivity index (χ1) is 11.9. The summed E-state index contributed by atoms with van der Waals surface area (Å²) in [5.74, 6) is 0.167. The van der Waals surface area contributed by atoms with Crippen LogP contribution in [0.5, 0.6) is 0 Å². The highest BCUT2D eigenvalue weighted by molar-refractivity contribution is 5.92. The number of nitrogens with one attached hydrogen (secondary N) is 2. The number of hydrogen-bond donors (Lipinski definition) is 2. The fourth-order valence-corrected chi connectivity index (χ4v) is 2.49. The van der Waals surface area contributed by atoms with E-state index < -0.39 is 0 Å². The first-order valence-corrected chi connectivity index (χ1v) is 8.35. The van der Waals surface area contributed by atoms with Gasteiger partial charge in [-0.2, -0.15) is 0 Å². The van der Waals surface area contributed by atoms with Crippen molar-refractivity contribution in [3.63, 3.8) is 0 Å². The number of hydrogen-bond acceptors (Lipinski definition) is 2. The minimum atomic E-state index is -0.247. The topological polar surface area (TPSA) is 61.4 Å². The van der Waals surface area contributed by atoms with Gasteiger partial charge >= 0.3 is 6.03 Å². The summed E-state index contributed by atoms with van der Waals surface area (Å²) in [5.41, 5.74) is 2.65. The quantitative estimate of drug-likeness (QED) is 0.865. The molecule has 0 unspecified atom stereocenters. The second-order valence-corrected chi connectivity index (χ2v) is 6.21. The lowest BCUT2D eigenvalue weighted by Crippen LogP contribution is -2.39. The van der Waals surface area contributed by atoms with Crippen LogP contribution in [0.25, 0.3) is 0 Å². The largest absolute Gasteiger partial charge is 0.335 e. The monoisotopic (exact) mass is 339 g/mol. The van der Waals surface area contributed by atoms with Gasteiger partial charge in [0.05, 0.1) is 0 Å². The predicted molar refractivity (Wildman–Crippen MR) is 102 cm³/mol. The Balaban J connectivity index is 1.92. The number of nitrogens with zero attached hydrogens (tertiary/aromatic N) is 1. The van der Waals surface area contributed by atoms with Crippen molar-refractivity contribution in [2.24, 2.45) is 0 Å². The van der Waals surface area contributed by atoms with Crippen LogP contribution < -0.4 is 15.5 Å². The molecule has 0 spiro atoms. The molecule has 3 amide bonds. The summed E-state index contributed by atoms with van der Waals surface area (Å²) in [5, 5.41) is 5.79. The van der Waals surface area contributed by atoms with Crippen molar-refractivity contribution in [1.82, 2.24) is 5.32 Å². The molecule has 0 radical (unpaired) electrons. The summed E-state index contributed by atoms with van der Waals surface area (Å²) in [6, 6.07) is 17.0. The number of urea groups is 1. The number of carbonyl (C=O) groups excluding carboxylic acids is 2. The van der Waals surface area contributed by atoms with Crippen LogP contribution in [0.1, 0.15) is 32.3 Å². The molecule has 2 N–H and O–H groups in total. The highest BCUT2D eigenvalue weighted by Gasteiger charge is 2.16. The molecule has 2 aromatic carbocycles. The van der Waals surface area contributed by atoms with Crippen LogP contribution in [0.15, 0.2) is 54.6 Å². The van der Waals surface area contributed by atoms with Crippen molar-refractivity contribution in [3.05, 3.63) is 60.2 Å². The molecule has 132 valence electrons. The normalized spacial score (nSPS) is 12.8. The van der Waals surface area contributed by atoms with Crippen molar-refractivity contribution in [1.29, 1.82) is 0 Å². The highest BCUT2D eigenvalue weighted by Crippen LogP contribution is 2.19. The lowest BCUT2D eigenvalue weighted by atomic mass is 9.95. The van der Waals surface area contributed by atoms with E-state index in [1.807, 2.05) is 25.1 Å². The standard InChI is InChI=1S/C20H25N3O2/c1-14(17-8-6-5-7-9-17)15(2)21-20(25)22-18-10-12-19(13-11-18)23(4)16(3)24/h5-15H,1-4H3,(H2,21,22,25)/t14-,15+/m1/s1. The minimum Gasteiger partial charge on any atom is -0.335 e. The zero-order valence-corrected chi connectivity index (χ0v) is 15.1. The SMILES string of the molecule is CC(=O)N(C)c1ccc(NC(=O)N[C@@H](C)[C@@H](C)c2ccccc2)cc1. The lowest BCUT2D eigenvalue weighted by molar-refractivity contribution is -0.116. The maximum absolute atomic E-state index is 12.2. The Morgan fingerprint density at radius 1 is 0.960 bits per heavy atom. The van der Waals surface area contributed by atoms with E-state index in [0.717, 1.165) is 5.69 Å². The number of rotatable bonds is 5. The Labute approximate surface area is 149 Å². The van der Waals surface area contributed by atoms with E-state index >= 15 is 0 Å². The summed E-state index contributed by atoms with van der Waals surface area (Å²) in [6.45, 7) is 5.59. The first-order valence-electron chi connectivity index (χ1n) is 8.35. The third kappa shape index (κ3) is 5.08. The van der Waals surface area contributed by atoms with Gasteiger partial charge in [-0.05, 0) is 36.8 Å². The van der Waals surface area contributed by atoms with Crippen LogP contribution >= 0.6 is 0 Å². The Bertz CT molecular complexity index is 713. The van der Waals surface area contributed by atoms with Crippen molar-refractivity contribution < 1.29 is 9.59 Å². The van der Waals surface area contributed by atoms with E-state index in [0.29, 0.717) is 5.69 Å². The number of amides is 3. The average Bonchev–Trinajstić information content (AvgIpc) is 2.61. The van der Waals surface area contributed by atoms with E-state index in [1.54, 1.807) is 36.2 Å². The molecule has 0 aliphatic rings. The van der Waals surface area contributed by atoms with Gasteiger partial charge in [0.2, 0.25) is 5.91 Å². The van der Waals surface area contributed by atoms with Gasteiger partial charge in [-0.1, -0.05) is 37.3 Å². The van der Waals surface area contributed by atoms with Gasteiger partial charge in [0.1, 0.15) is 0 Å². The third-order valence-corrected chi connectivity index (χ3v) is 4.42. The van der Waals surface area contributed by atoms with Crippen LogP contribution in [-0.2, 0) is 4.79 Å². The predicted octanol–water partition coefficient (Wildman–Crippen LogP) is 3.98. The van der Waals surface area contributed by atoms with Crippen molar-refractivity contribution in [2.75, 3.05) is 17.3 Å². The maximum atomic E-state index is 12.2. The molecule has 5 nitrogen and oxygen atoms in total. The smallest absolute Gasteiger partial charge is 0.319 e. The van der Waals surface area contributed by atoms with E-state index in [1.165, 1.54) is 12.5 Å². The molecular weight excluding hydrogens is 314 g/mol. The molecule has 2 atom stereocenters. The molecule has 0 saturated heterocycles. The van der Waals surface area contributed by atoms with E-state index in [9.17, 15) is 9.59 Å². The van der Waals surface area contributed by atoms with Gasteiger partial charge in [0.25, 0.3) is 0 Å². The maximum Gasteiger partial charge on any atom is 0.319 e. The van der Waals surface area contributed by atoms with Gasteiger partial charge in [0.15, 0.2) is 0 Å². The zero-order chi connectivity index (χ0) is 18.4. The van der Waals surface area contributed by atoms with Crippen LogP contribution in [0.2, 0.25) is 0 Å². The minimum absolute atomic E-state index is 0.00878. The highest BCUT2D eigenvalue weighted by atomic mass is 16.2. The van der Waals surface area contributed by atoms with E-state index in [2.05, 4.69) is 29.7 Å². The second kappa shape index (κ2) is 8.33. The molecule has 0 bridgehead atoms. The summed E-state index contributed by atoms with van der Waals surface area (Å²) >= 11 is 0. The van der Waals surface area contributed by atoms with Crippen molar-refractivity contribution >= 4 is 23.3 Å². The molecule has 0 aliphatic heterocycles. The summed E-state index contributed by atoms with van der Waals surface area (Å²) < 4.78 is 0. The van der Waals surface area contributed by atoms with Crippen LogP contribution in [0.3, 0.4) is 0 Å². The van der Waals surface area contributed by atoms with E-state index in [4.69, 9.17) is 0 Å². The molecule has 0 aliphatic carbocycles. The van der Waals surface area contributed by atoms with Gasteiger partial charge in [-0.15, -0.1) is 0 Å². The van der Waals surface area contributed by atoms with Crippen LogP contribution in [-0.4, -0.2) is 25.0 Å². The Kier molecular flexibility index (Phi) is 6.17. The van der Waals surface area contributed by atoms with E-state index in [-0.39, 0.29) is 23.9 Å². The van der Waals surface area contributed by atoms with Crippen molar-refractivity contribution in [2.45, 2.75) is 32.7 Å². The van der Waals surface area contributed by atoms with Crippen LogP contribution in [0.4, 0.5) is 16.2 Å². The Hall–Kier alpha value is -2.82. The van der Waals surface area contributed by atoms with Crippen molar-refractivity contribution in [3.8, 4) is 0 Å². The number of anilines is 2. The molecule has 2 aromatic rings. The molecule has 0 heterocycles. The Morgan fingerprint density at radius 3 is 2.12 bits per heavy atom. The van der Waals surface area contributed by atoms with Gasteiger partial charge in [-0.3, -0.25) is 4.79 Å². The number of carbonyl (C=O) groups is 2. The van der Waals surface area contributed by atoms with Gasteiger partial charge in [0, 0.05) is 37.3 Å². The first kappa shape index (κ1) is 18.5. The fourth-order valence-electron chi connectivity index (χ4n) is 2.49. The lowest BCUT2D eigenvalue weighted by Gasteiger charge is -2.22. The van der Waals surface area contributed by atoms with Gasteiger partial charge in [-0.25, -0.2) is 4.79 Å². The second-order valence-electron chi connectivity index (χ2n) is 6.21. The molecule has 0 aromatic heterocycles. The average molecular weight is 339 g/mol. The molecule has 0 fully saturated rings. The summed E-state index contributed by atoms with van der Waals surface area (Å²) in [7, 11) is 1.71. The molecule has 2 rings (SSSR count). The molecule has 5 heteroatoms. The molecular formula is C20H25N3O2. The Morgan fingerprint density at radius 2 is 1.56 bits per heavy atom. The third-order valence-electron chi connectivity index (χ3n) is 4.42. The zero-order valence-electron chi connectivity index (χ0n) is 15.1. The molecule has 25 heavy (non-hydrogen) atoms. The fraction of sp³-hybridized carbons (Fsp3) is 0.300.